The first-order chi connectivity index (χ1) is 11.6. The Morgan fingerprint density at radius 2 is 2.12 bits per heavy atom. The number of amides is 3. The van der Waals surface area contributed by atoms with Crippen molar-refractivity contribution in [3.05, 3.63) is 34.9 Å². The molecule has 3 amide bonds. The van der Waals surface area contributed by atoms with Crippen LogP contribution in [0.4, 0.5) is 0 Å². The number of fused-ring (bicyclic) bond motifs is 1. The van der Waals surface area contributed by atoms with E-state index in [1.165, 1.54) is 0 Å². The largest absolute Gasteiger partial charge is 0.322 e. The molecule has 0 saturated carbocycles. The number of carbonyl (C=O) groups excluding carboxylic acids is 3. The highest BCUT2D eigenvalue weighted by atomic mass is 16.2. The molecular weight excluding hydrogens is 306 g/mol. The Balaban J connectivity index is 1.68. The summed E-state index contributed by atoms with van der Waals surface area (Å²) in [5.41, 5.74) is 2.76. The Hall–Kier alpha value is -2.21. The van der Waals surface area contributed by atoms with Crippen LogP contribution in [0.25, 0.3) is 0 Å². The SMILES string of the molecule is CCCCNCc1ccc2c(c1)CN(C1CCC(=O)NC1=O)C2=O. The molecule has 6 heteroatoms. The smallest absolute Gasteiger partial charge is 0.255 e. The van der Waals surface area contributed by atoms with E-state index in [4.69, 9.17) is 0 Å². The first-order valence-electron chi connectivity index (χ1n) is 8.57. The Morgan fingerprint density at radius 3 is 2.88 bits per heavy atom. The Bertz CT molecular complexity index is 671. The minimum absolute atomic E-state index is 0.120. The van der Waals surface area contributed by atoms with Gasteiger partial charge in [-0.2, -0.15) is 0 Å². The van der Waals surface area contributed by atoms with Crippen LogP contribution in [0.2, 0.25) is 0 Å². The van der Waals surface area contributed by atoms with Gasteiger partial charge in [-0.05, 0) is 36.6 Å². The van der Waals surface area contributed by atoms with Gasteiger partial charge in [-0.3, -0.25) is 19.7 Å². The maximum absolute atomic E-state index is 12.6. The molecule has 2 aliphatic heterocycles. The normalized spacial score (nSPS) is 20.3. The molecule has 0 spiro atoms. The molecule has 1 fully saturated rings. The molecule has 1 aromatic carbocycles. The molecule has 0 bridgehead atoms. The number of nitrogens with one attached hydrogen (secondary N) is 2. The first kappa shape index (κ1) is 16.6. The molecule has 0 radical (unpaired) electrons. The van der Waals surface area contributed by atoms with Crippen molar-refractivity contribution in [2.75, 3.05) is 6.54 Å². The zero-order valence-electron chi connectivity index (χ0n) is 13.9. The molecule has 1 atom stereocenters. The average molecular weight is 329 g/mol. The van der Waals surface area contributed by atoms with Gasteiger partial charge in [0.2, 0.25) is 11.8 Å². The van der Waals surface area contributed by atoms with Gasteiger partial charge in [0.25, 0.3) is 5.91 Å². The van der Waals surface area contributed by atoms with Crippen LogP contribution in [0.5, 0.6) is 0 Å². The zero-order valence-corrected chi connectivity index (χ0v) is 13.9. The van der Waals surface area contributed by atoms with Crippen molar-refractivity contribution in [2.24, 2.45) is 0 Å². The number of carbonyl (C=O) groups is 3. The van der Waals surface area contributed by atoms with Crippen molar-refractivity contribution >= 4 is 17.7 Å². The molecule has 1 unspecified atom stereocenters. The van der Waals surface area contributed by atoms with Crippen molar-refractivity contribution in [3.63, 3.8) is 0 Å². The minimum atomic E-state index is -0.547. The molecule has 1 saturated heterocycles. The third kappa shape index (κ3) is 3.33. The van der Waals surface area contributed by atoms with Gasteiger partial charge >= 0.3 is 0 Å². The second-order valence-electron chi connectivity index (χ2n) is 6.42. The first-order valence-corrected chi connectivity index (χ1v) is 8.57. The maximum atomic E-state index is 12.6. The van der Waals surface area contributed by atoms with Crippen LogP contribution in [0.15, 0.2) is 18.2 Å². The van der Waals surface area contributed by atoms with E-state index in [0.717, 1.165) is 37.1 Å². The number of benzene rings is 1. The summed E-state index contributed by atoms with van der Waals surface area (Å²) in [5, 5.41) is 5.71. The fraction of sp³-hybridized carbons (Fsp3) is 0.500. The van der Waals surface area contributed by atoms with E-state index in [2.05, 4.69) is 17.6 Å². The topological polar surface area (TPSA) is 78.5 Å². The number of hydrogen-bond acceptors (Lipinski definition) is 4. The highest BCUT2D eigenvalue weighted by Gasteiger charge is 2.38. The van der Waals surface area contributed by atoms with Crippen LogP contribution in [0.3, 0.4) is 0 Å². The Kier molecular flexibility index (Phi) is 4.94. The van der Waals surface area contributed by atoms with E-state index in [-0.39, 0.29) is 24.1 Å². The van der Waals surface area contributed by atoms with E-state index in [1.807, 2.05) is 18.2 Å². The van der Waals surface area contributed by atoms with Gasteiger partial charge in [-0.15, -0.1) is 0 Å². The van der Waals surface area contributed by atoms with E-state index < -0.39 is 6.04 Å². The summed E-state index contributed by atoms with van der Waals surface area (Å²) in [4.78, 5) is 37.5. The molecule has 2 heterocycles. The number of unbranched alkanes of at least 4 members (excludes halogenated alkanes) is 1. The van der Waals surface area contributed by atoms with Gasteiger partial charge < -0.3 is 10.2 Å². The summed E-state index contributed by atoms with van der Waals surface area (Å²) in [5.74, 6) is -0.750. The minimum Gasteiger partial charge on any atom is -0.322 e. The van der Waals surface area contributed by atoms with Crippen LogP contribution in [-0.4, -0.2) is 35.2 Å². The highest BCUT2D eigenvalue weighted by molar-refractivity contribution is 6.05. The summed E-state index contributed by atoms with van der Waals surface area (Å²) in [7, 11) is 0. The van der Waals surface area contributed by atoms with E-state index in [1.54, 1.807) is 4.90 Å². The number of hydrogen-bond donors (Lipinski definition) is 2. The van der Waals surface area contributed by atoms with E-state index in [9.17, 15) is 14.4 Å². The fourth-order valence-electron chi connectivity index (χ4n) is 3.27. The summed E-state index contributed by atoms with van der Waals surface area (Å²) < 4.78 is 0. The predicted octanol–water partition coefficient (Wildman–Crippen LogP) is 1.34. The molecule has 6 nitrogen and oxygen atoms in total. The number of nitrogens with zero attached hydrogens (tertiary/aromatic N) is 1. The summed E-state index contributed by atoms with van der Waals surface area (Å²) in [6.07, 6.45) is 2.98. The average Bonchev–Trinajstić information content (AvgIpc) is 2.88. The van der Waals surface area contributed by atoms with Crippen LogP contribution in [0.1, 0.15) is 54.1 Å². The molecule has 1 aromatic rings. The summed E-state index contributed by atoms with van der Waals surface area (Å²) >= 11 is 0. The lowest BCUT2D eigenvalue weighted by Gasteiger charge is -2.29. The number of rotatable bonds is 6. The molecular formula is C18H23N3O3. The third-order valence-electron chi connectivity index (χ3n) is 4.62. The molecule has 24 heavy (non-hydrogen) atoms. The lowest BCUT2D eigenvalue weighted by Crippen LogP contribution is -2.52. The molecule has 3 rings (SSSR count). The second-order valence-corrected chi connectivity index (χ2v) is 6.42. The predicted molar refractivity (Wildman–Crippen MR) is 89.1 cm³/mol. The van der Waals surface area contributed by atoms with Gasteiger partial charge in [0, 0.05) is 25.1 Å². The van der Waals surface area contributed by atoms with Gasteiger partial charge in [-0.1, -0.05) is 25.5 Å². The van der Waals surface area contributed by atoms with Gasteiger partial charge in [0.1, 0.15) is 6.04 Å². The van der Waals surface area contributed by atoms with Crippen molar-refractivity contribution in [2.45, 2.75) is 51.7 Å². The second kappa shape index (κ2) is 7.13. The van der Waals surface area contributed by atoms with Crippen molar-refractivity contribution < 1.29 is 14.4 Å². The third-order valence-corrected chi connectivity index (χ3v) is 4.62. The molecule has 2 aliphatic rings. The highest BCUT2D eigenvalue weighted by Crippen LogP contribution is 2.28. The standard InChI is InChI=1S/C18H23N3O3/c1-2-3-8-19-10-12-4-5-14-13(9-12)11-21(18(14)24)15-6-7-16(22)20-17(15)23/h4-5,9,15,19H,2-3,6-8,10-11H2,1H3,(H,20,22,23). The molecule has 128 valence electrons. The zero-order chi connectivity index (χ0) is 17.1. The quantitative estimate of drug-likeness (QED) is 0.610. The lowest BCUT2D eigenvalue weighted by molar-refractivity contribution is -0.136. The van der Waals surface area contributed by atoms with E-state index >= 15 is 0 Å². The summed E-state index contributed by atoms with van der Waals surface area (Å²) in [6.45, 7) is 4.35. The molecule has 2 N–H and O–H groups in total. The van der Waals surface area contributed by atoms with E-state index in [0.29, 0.717) is 18.5 Å². The van der Waals surface area contributed by atoms with Crippen molar-refractivity contribution in [1.82, 2.24) is 15.5 Å². The lowest BCUT2D eigenvalue weighted by atomic mass is 10.0. The van der Waals surface area contributed by atoms with Crippen LogP contribution in [0, 0.1) is 0 Å². The Labute approximate surface area is 141 Å². The van der Waals surface area contributed by atoms with Gasteiger partial charge in [-0.25, -0.2) is 0 Å². The van der Waals surface area contributed by atoms with Gasteiger partial charge in [0.15, 0.2) is 0 Å². The van der Waals surface area contributed by atoms with Crippen molar-refractivity contribution in [3.8, 4) is 0 Å². The number of piperidine rings is 1. The maximum Gasteiger partial charge on any atom is 0.255 e. The van der Waals surface area contributed by atoms with Crippen LogP contribution in [-0.2, 0) is 22.7 Å². The molecule has 0 aromatic heterocycles. The monoisotopic (exact) mass is 329 g/mol. The van der Waals surface area contributed by atoms with Gasteiger partial charge in [0.05, 0.1) is 0 Å². The van der Waals surface area contributed by atoms with Crippen molar-refractivity contribution in [1.29, 1.82) is 0 Å². The molecule has 0 aliphatic carbocycles. The Morgan fingerprint density at radius 1 is 1.29 bits per heavy atom. The number of imide groups is 1. The van der Waals surface area contributed by atoms with Crippen LogP contribution < -0.4 is 10.6 Å². The fourth-order valence-corrected chi connectivity index (χ4v) is 3.27. The van der Waals surface area contributed by atoms with Crippen LogP contribution >= 0.6 is 0 Å². The summed E-state index contributed by atoms with van der Waals surface area (Å²) in [6, 6.07) is 5.30.